The highest BCUT2D eigenvalue weighted by molar-refractivity contribution is 5.71. The number of nitrogens with zero attached hydrogens (tertiary/aromatic N) is 2. The van der Waals surface area contributed by atoms with E-state index >= 15 is 0 Å². The van der Waals surface area contributed by atoms with Crippen molar-refractivity contribution in [3.05, 3.63) is 24.3 Å². The molecule has 0 aliphatic rings. The Morgan fingerprint density at radius 2 is 0.753 bits per heavy atom. The summed E-state index contributed by atoms with van der Waals surface area (Å²) >= 11 is 0. The van der Waals surface area contributed by atoms with E-state index < -0.39 is 24.4 Å². The third-order valence-electron chi connectivity index (χ3n) is 13.1. The molecule has 0 aliphatic carbocycles. The molecule has 77 heavy (non-hydrogen) atoms. The Kier molecular flexibility index (Phi) is 51.5. The summed E-state index contributed by atoms with van der Waals surface area (Å²) in [7, 11) is 7.53. The van der Waals surface area contributed by atoms with E-state index in [0.717, 1.165) is 148 Å². The molecule has 0 rings (SSSR count). The van der Waals surface area contributed by atoms with Crippen LogP contribution in [0.15, 0.2) is 24.3 Å². The summed E-state index contributed by atoms with van der Waals surface area (Å²) in [5, 5.41) is 21.8. The number of hydrogen-bond donors (Lipinski definition) is 2. The lowest BCUT2D eigenvalue weighted by Crippen LogP contribution is -3.00. The first-order valence-corrected chi connectivity index (χ1v) is 29.1. The summed E-state index contributed by atoms with van der Waals surface area (Å²) in [6.07, 6.45) is 30.5. The minimum absolute atomic E-state index is 0. The number of ether oxygens (including phenoxy) is 6. The van der Waals surface area contributed by atoms with Crippen molar-refractivity contribution < 1.29 is 101 Å². The molecule has 0 amide bonds. The zero-order chi connectivity index (χ0) is 56.0. The van der Waals surface area contributed by atoms with E-state index in [9.17, 15) is 39.0 Å². The van der Waals surface area contributed by atoms with Crippen molar-refractivity contribution in [2.24, 2.45) is 0 Å². The van der Waals surface area contributed by atoms with Crippen LogP contribution in [-0.2, 0) is 57.2 Å². The number of hydrogen-bond acceptors (Lipinski definition) is 14. The molecule has 452 valence electrons. The van der Waals surface area contributed by atoms with Gasteiger partial charge in [-0.2, -0.15) is 0 Å². The second-order valence-corrected chi connectivity index (χ2v) is 21.7. The van der Waals surface area contributed by atoms with Gasteiger partial charge in [0.25, 0.3) is 0 Å². The van der Waals surface area contributed by atoms with Crippen LogP contribution in [0, 0.1) is 0 Å². The summed E-state index contributed by atoms with van der Waals surface area (Å²) in [5.41, 5.74) is 0. The van der Waals surface area contributed by atoms with Crippen molar-refractivity contribution in [3.63, 3.8) is 0 Å². The lowest BCUT2D eigenvalue weighted by Gasteiger charge is -2.30. The van der Waals surface area contributed by atoms with Gasteiger partial charge in [0.05, 0.1) is 53.6 Å². The monoisotopic (exact) mass is 1140 g/mol. The fourth-order valence-corrected chi connectivity index (χ4v) is 8.38. The van der Waals surface area contributed by atoms with E-state index in [-0.39, 0.29) is 86.9 Å². The van der Waals surface area contributed by atoms with Crippen molar-refractivity contribution >= 4 is 35.8 Å². The summed E-state index contributed by atoms with van der Waals surface area (Å²) in [6, 6.07) is 0. The van der Waals surface area contributed by atoms with E-state index in [2.05, 4.69) is 26.0 Å². The number of carbonyl (C=O) groups excluding carboxylic acids is 6. The van der Waals surface area contributed by atoms with Gasteiger partial charge in [0.1, 0.15) is 38.5 Å². The second-order valence-electron chi connectivity index (χ2n) is 21.7. The van der Waals surface area contributed by atoms with Crippen LogP contribution >= 0.6 is 0 Å². The molecule has 0 aliphatic heterocycles. The van der Waals surface area contributed by atoms with Gasteiger partial charge in [-0.15, -0.1) is 0 Å². The van der Waals surface area contributed by atoms with Crippen LogP contribution in [0.25, 0.3) is 0 Å². The lowest BCUT2D eigenvalue weighted by molar-refractivity contribution is -0.883. The lowest BCUT2D eigenvalue weighted by atomic mass is 10.0. The highest BCUT2D eigenvalue weighted by Crippen LogP contribution is 2.18. The largest absolute Gasteiger partial charge is 1.00 e. The molecular weight excluding hydrogens is 1030 g/mol. The highest BCUT2D eigenvalue weighted by atomic mass is 35.5. The number of esters is 6. The van der Waals surface area contributed by atoms with E-state index in [1.807, 2.05) is 40.3 Å². The van der Waals surface area contributed by atoms with Crippen LogP contribution in [0.3, 0.4) is 0 Å². The number of likely N-dealkylation sites (N-methyl/N-ethyl adjacent to an activating group) is 2. The number of allylic oxidation sites excluding steroid dienone is 2. The number of quaternary nitrogens is 2. The van der Waals surface area contributed by atoms with Gasteiger partial charge in [0, 0.05) is 26.7 Å². The van der Waals surface area contributed by atoms with Crippen LogP contribution < -0.4 is 24.8 Å². The quantitative estimate of drug-likeness (QED) is 0.0286. The number of unbranched alkanes of at least 4 members (excludes halogenated alkanes) is 18. The SMILES string of the molecule is CCCCCC(OC(=O)C[N+](C)(C)CCOC(C)=O)C(O)CC=CCCCCCCCC(=O)OCCCCCCCOC(=O)CCCCCCCC=CCC(O)C(CCCCC)OC(=O)C[N+](C)(C)CCOC(C)=O.[Cl-].[Cl-]. The van der Waals surface area contributed by atoms with Crippen LogP contribution in [0.5, 0.6) is 0 Å². The molecule has 0 fully saturated rings. The van der Waals surface area contributed by atoms with E-state index in [1.54, 1.807) is 0 Å². The van der Waals surface area contributed by atoms with E-state index in [1.165, 1.54) is 13.8 Å². The van der Waals surface area contributed by atoms with Crippen molar-refractivity contribution in [2.45, 2.75) is 238 Å². The molecule has 18 heteroatoms. The first-order valence-electron chi connectivity index (χ1n) is 29.1. The number of rotatable bonds is 50. The summed E-state index contributed by atoms with van der Waals surface area (Å²) in [4.78, 5) is 72.1. The van der Waals surface area contributed by atoms with E-state index in [4.69, 9.17) is 28.4 Å². The summed E-state index contributed by atoms with van der Waals surface area (Å²) in [5.74, 6) is -1.71. The molecule has 0 aromatic carbocycles. The minimum atomic E-state index is -0.772. The minimum Gasteiger partial charge on any atom is -1.00 e. The van der Waals surface area contributed by atoms with Crippen molar-refractivity contribution in [3.8, 4) is 0 Å². The zero-order valence-corrected chi connectivity index (χ0v) is 50.7. The van der Waals surface area contributed by atoms with Gasteiger partial charge >= 0.3 is 35.8 Å². The molecule has 0 aromatic rings. The molecule has 0 saturated heterocycles. The van der Waals surface area contributed by atoms with Crippen molar-refractivity contribution in [1.82, 2.24) is 0 Å². The molecule has 2 N–H and O–H groups in total. The molecule has 0 saturated carbocycles. The molecule has 0 bridgehead atoms. The predicted octanol–water partition coefficient (Wildman–Crippen LogP) is 4.37. The average Bonchev–Trinajstić information content (AvgIpc) is 3.33. The summed E-state index contributed by atoms with van der Waals surface area (Å²) in [6.45, 7) is 9.50. The normalized spacial score (nSPS) is 13.2. The van der Waals surface area contributed by atoms with Gasteiger partial charge in [-0.1, -0.05) is 122 Å². The molecule has 0 heterocycles. The number of aliphatic hydroxyl groups excluding tert-OH is 2. The van der Waals surface area contributed by atoms with Crippen LogP contribution in [-0.4, -0.2) is 160 Å². The molecular formula is C59H108Cl2N2O14. The molecule has 0 radical (unpaired) electrons. The number of aliphatic hydroxyl groups is 2. The Balaban J connectivity index is -0.0000274. The van der Waals surface area contributed by atoms with Gasteiger partial charge in [0.2, 0.25) is 0 Å². The highest BCUT2D eigenvalue weighted by Gasteiger charge is 2.29. The Bertz CT molecular complexity index is 1470. The smallest absolute Gasteiger partial charge is 0.362 e. The van der Waals surface area contributed by atoms with Crippen molar-refractivity contribution in [2.75, 3.05) is 80.8 Å². The van der Waals surface area contributed by atoms with Crippen LogP contribution in [0.2, 0.25) is 0 Å². The van der Waals surface area contributed by atoms with Gasteiger partial charge in [-0.05, 0) is 89.9 Å². The van der Waals surface area contributed by atoms with Gasteiger partial charge in [-0.25, -0.2) is 9.59 Å². The summed E-state index contributed by atoms with van der Waals surface area (Å²) < 4.78 is 33.1. The Hall–Kier alpha value is -3.28. The second kappa shape index (κ2) is 50.9. The van der Waals surface area contributed by atoms with Gasteiger partial charge in [0.15, 0.2) is 13.1 Å². The third-order valence-corrected chi connectivity index (χ3v) is 13.1. The van der Waals surface area contributed by atoms with E-state index in [0.29, 0.717) is 73.8 Å². The number of halogens is 2. The first-order chi connectivity index (χ1) is 35.8. The van der Waals surface area contributed by atoms with Gasteiger partial charge in [-0.3, -0.25) is 19.2 Å². The fourth-order valence-electron chi connectivity index (χ4n) is 8.38. The Labute approximate surface area is 478 Å². The van der Waals surface area contributed by atoms with Gasteiger partial charge < -0.3 is 72.4 Å². The molecule has 16 nitrogen and oxygen atoms in total. The first kappa shape index (κ1) is 77.9. The van der Waals surface area contributed by atoms with Crippen LogP contribution in [0.1, 0.15) is 214 Å². The number of carbonyl (C=O) groups is 6. The standard InChI is InChI=1S/C59H108N2O14.2ClH/c1-9-11-28-38-54(74-58(68)48-60(5,6)42-46-70-50(3)62)52(64)36-30-22-17-13-15-19-24-32-40-56(66)72-44-34-26-21-27-35-45-73-57(67)41-33-25-20-16-14-18-23-31-37-53(65)55(39-29-12-10-2)75-59(69)49-61(7,8)43-47-71-51(4)63;;/h22-23,30-31,52-55,64-65H,9-21,24-29,32-49H2,1-8H3;2*1H/q+2;;/p-2. The maximum absolute atomic E-state index is 12.8. The van der Waals surface area contributed by atoms with Crippen LogP contribution in [0.4, 0.5) is 0 Å². The maximum atomic E-state index is 12.8. The Morgan fingerprint density at radius 3 is 1.10 bits per heavy atom. The molecule has 0 aromatic heterocycles. The maximum Gasteiger partial charge on any atom is 0.362 e. The fraction of sp³-hybridized carbons (Fsp3) is 0.831. The molecule has 0 spiro atoms. The predicted molar refractivity (Wildman–Crippen MR) is 294 cm³/mol. The average molecular weight is 1140 g/mol. The zero-order valence-electron chi connectivity index (χ0n) is 49.2. The molecule has 4 unspecified atom stereocenters. The third kappa shape index (κ3) is 50.7. The topological polar surface area (TPSA) is 198 Å². The Morgan fingerprint density at radius 1 is 0.416 bits per heavy atom. The van der Waals surface area contributed by atoms with Crippen molar-refractivity contribution in [1.29, 1.82) is 0 Å². The molecule has 4 atom stereocenters.